The van der Waals surface area contributed by atoms with Crippen LogP contribution in [0, 0.1) is 0 Å². The van der Waals surface area contributed by atoms with Crippen LogP contribution in [0.3, 0.4) is 0 Å². The number of fused-ring (bicyclic) bond motifs is 1. The highest BCUT2D eigenvalue weighted by molar-refractivity contribution is 6.11. The number of aromatic nitrogens is 2. The fraction of sp³-hybridized carbons (Fsp3) is 0.556. The normalized spacial score (nSPS) is 19.5. The van der Waals surface area contributed by atoms with E-state index in [9.17, 15) is 14.4 Å². The maximum Gasteiger partial charge on any atom is 0.276 e. The molecule has 1 aromatic heterocycles. The first-order chi connectivity index (χ1) is 17.1. The van der Waals surface area contributed by atoms with E-state index in [0.29, 0.717) is 31.2 Å². The van der Waals surface area contributed by atoms with Crippen molar-refractivity contribution in [2.75, 3.05) is 18.5 Å². The van der Waals surface area contributed by atoms with Gasteiger partial charge in [-0.15, -0.1) is 0 Å². The number of carbonyl (C=O) groups is 3. The molecule has 1 aliphatic heterocycles. The van der Waals surface area contributed by atoms with Crippen LogP contribution in [0.25, 0.3) is 0 Å². The van der Waals surface area contributed by atoms with Gasteiger partial charge in [0.25, 0.3) is 11.8 Å². The summed E-state index contributed by atoms with van der Waals surface area (Å²) in [6.45, 7) is 11.2. The van der Waals surface area contributed by atoms with Crippen molar-refractivity contribution in [1.82, 2.24) is 19.8 Å². The number of imidazole rings is 1. The molecule has 2 heterocycles. The summed E-state index contributed by atoms with van der Waals surface area (Å²) >= 11 is 0. The molecule has 0 saturated heterocycles. The molecule has 0 bridgehead atoms. The van der Waals surface area contributed by atoms with Crippen LogP contribution in [0.5, 0.6) is 0 Å². The van der Waals surface area contributed by atoms with Gasteiger partial charge in [-0.3, -0.25) is 14.4 Å². The minimum atomic E-state index is -1.06. The maximum absolute atomic E-state index is 13.7. The molecule has 9 nitrogen and oxygen atoms in total. The topological polar surface area (TPSA) is 106 Å². The fourth-order valence-corrected chi connectivity index (χ4v) is 4.65. The third-order valence-electron chi connectivity index (χ3n) is 6.78. The summed E-state index contributed by atoms with van der Waals surface area (Å²) in [4.78, 5) is 46.1. The average Bonchev–Trinajstić information content (AvgIpc) is 3.56. The van der Waals surface area contributed by atoms with E-state index in [-0.39, 0.29) is 41.9 Å². The van der Waals surface area contributed by atoms with Crippen molar-refractivity contribution in [2.45, 2.75) is 84.0 Å². The second kappa shape index (κ2) is 10.4. The number of nitrogens with zero attached hydrogens (tertiary/aromatic N) is 3. The van der Waals surface area contributed by atoms with Crippen molar-refractivity contribution in [2.24, 2.45) is 0 Å². The highest BCUT2D eigenvalue weighted by Crippen LogP contribution is 2.39. The Morgan fingerprint density at radius 2 is 1.86 bits per heavy atom. The van der Waals surface area contributed by atoms with E-state index in [1.54, 1.807) is 16.4 Å². The first kappa shape index (κ1) is 25.9. The molecule has 1 aliphatic carbocycles. The number of nitrogens with one attached hydrogen (secondary N) is 2. The predicted molar refractivity (Wildman–Crippen MR) is 137 cm³/mol. The Kier molecular flexibility index (Phi) is 7.49. The van der Waals surface area contributed by atoms with E-state index in [1.165, 1.54) is 11.9 Å². The number of ether oxygens (including phenoxy) is 1. The zero-order valence-electron chi connectivity index (χ0n) is 21.8. The van der Waals surface area contributed by atoms with Crippen molar-refractivity contribution in [1.29, 1.82) is 0 Å². The van der Waals surface area contributed by atoms with Crippen LogP contribution < -0.4 is 10.6 Å². The number of hydrogen-bond donors (Lipinski definition) is 2. The Balaban J connectivity index is 1.51. The molecule has 2 N–H and O–H groups in total. The van der Waals surface area contributed by atoms with Crippen molar-refractivity contribution >= 4 is 23.4 Å². The van der Waals surface area contributed by atoms with Crippen molar-refractivity contribution < 1.29 is 19.1 Å². The van der Waals surface area contributed by atoms with E-state index < -0.39 is 11.4 Å². The Hall–Kier alpha value is -3.20. The summed E-state index contributed by atoms with van der Waals surface area (Å²) in [5.41, 5.74) is 1.05. The van der Waals surface area contributed by atoms with Gasteiger partial charge in [0.1, 0.15) is 11.2 Å². The molecule has 0 spiro atoms. The molecule has 3 amide bonds. The second-order valence-corrected chi connectivity index (χ2v) is 10.5. The molecule has 1 fully saturated rings. The third kappa shape index (κ3) is 5.31. The smallest absolute Gasteiger partial charge is 0.276 e. The zero-order chi connectivity index (χ0) is 26.0. The van der Waals surface area contributed by atoms with Gasteiger partial charge in [-0.2, -0.15) is 0 Å². The van der Waals surface area contributed by atoms with Crippen LogP contribution in [-0.4, -0.2) is 63.0 Å². The molecule has 4 rings (SSSR count). The summed E-state index contributed by atoms with van der Waals surface area (Å²) < 4.78 is 7.18. The summed E-state index contributed by atoms with van der Waals surface area (Å²) in [5, 5.41) is 5.83. The van der Waals surface area contributed by atoms with Crippen LogP contribution in [0.15, 0.2) is 30.6 Å². The Morgan fingerprint density at radius 3 is 2.47 bits per heavy atom. The van der Waals surface area contributed by atoms with Gasteiger partial charge in [0.15, 0.2) is 5.69 Å². The van der Waals surface area contributed by atoms with Gasteiger partial charge >= 0.3 is 0 Å². The summed E-state index contributed by atoms with van der Waals surface area (Å²) in [6.07, 6.45) is 4.00. The number of carbonyl (C=O) groups excluding carboxylic acids is 3. The van der Waals surface area contributed by atoms with E-state index >= 15 is 0 Å². The number of hydrogen-bond acceptors (Lipinski definition) is 5. The Morgan fingerprint density at radius 1 is 1.17 bits per heavy atom. The van der Waals surface area contributed by atoms with Crippen LogP contribution >= 0.6 is 0 Å². The van der Waals surface area contributed by atoms with Gasteiger partial charge in [0.2, 0.25) is 5.91 Å². The van der Waals surface area contributed by atoms with Gasteiger partial charge in [0.05, 0.1) is 19.0 Å². The van der Waals surface area contributed by atoms with Crippen molar-refractivity contribution in [3.8, 4) is 0 Å². The molecule has 1 saturated carbocycles. The number of rotatable bonds is 10. The standard InChI is InChI=1S/C27H37N5O4/c1-17(2)19-7-9-20(10-8-19)30-24(33)22-23-25(34)32(21-11-12-21)27(5,15-31(23)16-29-22)26(35)28-13-6-14-36-18(3)4/h7-10,16-18,21H,6,11-15H2,1-5H3,(H,28,35)(H,30,33). The van der Waals surface area contributed by atoms with Crippen LogP contribution in [0.2, 0.25) is 0 Å². The summed E-state index contributed by atoms with van der Waals surface area (Å²) in [6, 6.07) is 7.63. The van der Waals surface area contributed by atoms with Crippen LogP contribution in [-0.2, 0) is 16.1 Å². The minimum absolute atomic E-state index is 0.0133. The molecule has 1 aromatic carbocycles. The fourth-order valence-electron chi connectivity index (χ4n) is 4.65. The lowest BCUT2D eigenvalue weighted by atomic mass is 9.94. The third-order valence-corrected chi connectivity index (χ3v) is 6.78. The molecular weight excluding hydrogens is 458 g/mol. The Labute approximate surface area is 212 Å². The van der Waals surface area contributed by atoms with E-state index in [2.05, 4.69) is 29.5 Å². The first-order valence-corrected chi connectivity index (χ1v) is 12.8. The predicted octanol–water partition coefficient (Wildman–Crippen LogP) is 3.57. The van der Waals surface area contributed by atoms with Gasteiger partial charge in [-0.25, -0.2) is 4.98 Å². The second-order valence-electron chi connectivity index (χ2n) is 10.5. The van der Waals surface area contributed by atoms with E-state index in [0.717, 1.165) is 12.8 Å². The van der Waals surface area contributed by atoms with Crippen molar-refractivity contribution in [3.63, 3.8) is 0 Å². The lowest BCUT2D eigenvalue weighted by Gasteiger charge is -2.44. The number of anilines is 1. The molecule has 1 unspecified atom stereocenters. The molecule has 9 heteroatoms. The molecular formula is C27H37N5O4. The average molecular weight is 496 g/mol. The maximum atomic E-state index is 13.7. The van der Waals surface area contributed by atoms with Gasteiger partial charge in [-0.05, 0) is 63.6 Å². The first-order valence-electron chi connectivity index (χ1n) is 12.8. The van der Waals surface area contributed by atoms with Gasteiger partial charge < -0.3 is 24.8 Å². The summed E-state index contributed by atoms with van der Waals surface area (Å²) in [5.74, 6) is -0.589. The molecule has 36 heavy (non-hydrogen) atoms. The highest BCUT2D eigenvalue weighted by atomic mass is 16.5. The molecule has 0 radical (unpaired) electrons. The number of amides is 3. The monoisotopic (exact) mass is 495 g/mol. The Bertz CT molecular complexity index is 1120. The van der Waals surface area contributed by atoms with E-state index in [4.69, 9.17) is 4.74 Å². The molecule has 2 aromatic rings. The molecule has 1 atom stereocenters. The van der Waals surface area contributed by atoms with Crippen LogP contribution in [0.4, 0.5) is 5.69 Å². The quantitative estimate of drug-likeness (QED) is 0.490. The minimum Gasteiger partial charge on any atom is -0.379 e. The van der Waals surface area contributed by atoms with Crippen LogP contribution in [0.1, 0.15) is 86.3 Å². The molecule has 194 valence electrons. The highest BCUT2D eigenvalue weighted by Gasteiger charge is 2.53. The van der Waals surface area contributed by atoms with Gasteiger partial charge in [-0.1, -0.05) is 26.0 Å². The van der Waals surface area contributed by atoms with E-state index in [1.807, 2.05) is 38.1 Å². The zero-order valence-corrected chi connectivity index (χ0v) is 21.8. The SMILES string of the molecule is CC(C)OCCCNC(=O)C1(C)Cn2cnc(C(=O)Nc3ccc(C(C)C)cc3)c2C(=O)N1C1CC1. The lowest BCUT2D eigenvalue weighted by molar-refractivity contribution is -0.133. The van der Waals surface area contributed by atoms with Crippen molar-refractivity contribution in [3.05, 3.63) is 47.5 Å². The number of benzene rings is 1. The largest absolute Gasteiger partial charge is 0.379 e. The molecule has 2 aliphatic rings. The summed E-state index contributed by atoms with van der Waals surface area (Å²) in [7, 11) is 0. The lowest BCUT2D eigenvalue weighted by Crippen LogP contribution is -2.64. The van der Waals surface area contributed by atoms with Gasteiger partial charge in [0, 0.05) is 24.9 Å².